The maximum absolute atomic E-state index is 13.3. The van der Waals surface area contributed by atoms with Gasteiger partial charge in [-0.25, -0.2) is 4.39 Å². The van der Waals surface area contributed by atoms with Gasteiger partial charge in [-0.3, -0.25) is 9.59 Å². The maximum atomic E-state index is 13.3. The Balaban J connectivity index is 1.24. The van der Waals surface area contributed by atoms with Crippen LogP contribution in [0.3, 0.4) is 0 Å². The van der Waals surface area contributed by atoms with Gasteiger partial charge in [0.15, 0.2) is 0 Å². The van der Waals surface area contributed by atoms with Crippen LogP contribution in [0.25, 0.3) is 11.0 Å². The smallest absolute Gasteiger partial charge is 0.416 e. The number of rotatable bonds is 7. The van der Waals surface area contributed by atoms with Gasteiger partial charge < -0.3 is 15.1 Å². The molecular weight excluding hydrogens is 440 g/mol. The van der Waals surface area contributed by atoms with Gasteiger partial charge >= 0.3 is 6.18 Å². The fraction of sp³-hybridized carbons (Fsp3) is 0.333. The van der Waals surface area contributed by atoms with Crippen molar-refractivity contribution < 1.29 is 31.6 Å². The Morgan fingerprint density at radius 1 is 1.06 bits per heavy atom. The summed E-state index contributed by atoms with van der Waals surface area (Å²) < 4.78 is 57.4. The number of nitrogens with one attached hydrogen (secondary N) is 2. The van der Waals surface area contributed by atoms with E-state index in [2.05, 4.69) is 10.6 Å². The quantitative estimate of drug-likeness (QED) is 0.435. The van der Waals surface area contributed by atoms with Gasteiger partial charge in [0.25, 0.3) is 0 Å². The molecule has 33 heavy (non-hydrogen) atoms. The zero-order valence-corrected chi connectivity index (χ0v) is 17.7. The Labute approximate surface area is 187 Å². The fourth-order valence-corrected chi connectivity index (χ4v) is 3.89. The molecule has 2 aromatic carbocycles. The van der Waals surface area contributed by atoms with Crippen LogP contribution in [0.1, 0.15) is 43.6 Å². The van der Waals surface area contributed by atoms with Crippen LogP contribution in [0, 0.1) is 17.7 Å². The molecule has 2 N–H and O–H groups in total. The predicted molar refractivity (Wildman–Crippen MR) is 114 cm³/mol. The minimum atomic E-state index is -4.48. The Hall–Kier alpha value is -3.36. The normalized spacial score (nSPS) is 18.7. The zero-order valence-electron chi connectivity index (χ0n) is 17.7. The number of anilines is 1. The summed E-state index contributed by atoms with van der Waals surface area (Å²) in [5, 5.41) is 5.95. The Morgan fingerprint density at radius 3 is 2.52 bits per heavy atom. The number of halogens is 4. The monoisotopic (exact) mass is 462 g/mol. The fourth-order valence-electron chi connectivity index (χ4n) is 3.89. The standard InChI is InChI=1S/C24H22F4N2O3/c1-13(21-9-16-8-18(25)5-6-20(16)33-21)29-22(31)10-14-7-15(14)11-23(32)30-19-4-2-3-17(12-19)24(26,27)28/h2-6,8-9,12-15H,7,10-11H2,1H3,(H,29,31)(H,30,32)/t13-,14+,15+/m1/s1. The van der Waals surface area contributed by atoms with Gasteiger partial charge in [0.05, 0.1) is 11.6 Å². The summed E-state index contributed by atoms with van der Waals surface area (Å²) in [6, 6.07) is 9.93. The highest BCUT2D eigenvalue weighted by Crippen LogP contribution is 2.44. The average Bonchev–Trinajstić information content (AvgIpc) is 3.29. The minimum absolute atomic E-state index is 0.00558. The third kappa shape index (κ3) is 5.71. The Bertz CT molecular complexity index is 1190. The van der Waals surface area contributed by atoms with Crippen molar-refractivity contribution in [3.8, 4) is 0 Å². The molecule has 174 valence electrons. The van der Waals surface area contributed by atoms with E-state index in [1.54, 1.807) is 13.0 Å². The molecule has 1 aliphatic rings. The lowest BCUT2D eigenvalue weighted by Gasteiger charge is -2.11. The summed E-state index contributed by atoms with van der Waals surface area (Å²) in [4.78, 5) is 24.6. The third-order valence-corrected chi connectivity index (χ3v) is 5.74. The first-order valence-electron chi connectivity index (χ1n) is 10.5. The van der Waals surface area contributed by atoms with Crippen LogP contribution in [0.5, 0.6) is 0 Å². The van der Waals surface area contributed by atoms with Crippen LogP contribution in [0.4, 0.5) is 23.2 Å². The SMILES string of the molecule is C[C@@H](NC(=O)C[C@@H]1C[C@H]1CC(=O)Nc1cccc(C(F)(F)F)c1)c1cc2cc(F)ccc2o1. The largest absolute Gasteiger partial charge is 0.459 e. The van der Waals surface area contributed by atoms with E-state index in [4.69, 9.17) is 4.42 Å². The molecule has 0 spiro atoms. The van der Waals surface area contributed by atoms with E-state index in [9.17, 15) is 27.2 Å². The summed E-state index contributed by atoms with van der Waals surface area (Å²) in [6.45, 7) is 1.76. The molecule has 0 radical (unpaired) electrons. The summed E-state index contributed by atoms with van der Waals surface area (Å²) in [6.07, 6.45) is -3.41. The van der Waals surface area contributed by atoms with E-state index in [1.165, 1.54) is 30.3 Å². The molecule has 3 aromatic rings. The topological polar surface area (TPSA) is 71.3 Å². The molecule has 0 bridgehead atoms. The van der Waals surface area contributed by atoms with E-state index in [1.807, 2.05) is 0 Å². The lowest BCUT2D eigenvalue weighted by atomic mass is 10.1. The van der Waals surface area contributed by atoms with Crippen molar-refractivity contribution in [2.24, 2.45) is 11.8 Å². The second-order valence-electron chi connectivity index (χ2n) is 8.41. The molecule has 0 aliphatic heterocycles. The molecule has 4 rings (SSSR count). The molecule has 0 unspecified atom stereocenters. The van der Waals surface area contributed by atoms with Gasteiger partial charge in [-0.1, -0.05) is 6.07 Å². The van der Waals surface area contributed by atoms with Crippen molar-refractivity contribution in [1.82, 2.24) is 5.32 Å². The second-order valence-corrected chi connectivity index (χ2v) is 8.41. The van der Waals surface area contributed by atoms with Crippen LogP contribution in [-0.2, 0) is 15.8 Å². The van der Waals surface area contributed by atoms with Crippen LogP contribution >= 0.6 is 0 Å². The molecule has 3 atom stereocenters. The Kier molecular flexibility index (Phi) is 6.14. The number of hydrogen-bond donors (Lipinski definition) is 2. The number of benzene rings is 2. The van der Waals surface area contributed by atoms with Gasteiger partial charge in [0.1, 0.15) is 17.2 Å². The molecular formula is C24H22F4N2O3. The minimum Gasteiger partial charge on any atom is -0.459 e. The van der Waals surface area contributed by atoms with Crippen molar-refractivity contribution in [2.75, 3.05) is 5.32 Å². The van der Waals surface area contributed by atoms with E-state index in [0.717, 1.165) is 12.1 Å². The first-order chi connectivity index (χ1) is 15.6. The molecule has 0 saturated heterocycles. The molecule has 1 saturated carbocycles. The van der Waals surface area contributed by atoms with Crippen LogP contribution < -0.4 is 10.6 Å². The molecule has 5 nitrogen and oxygen atoms in total. The van der Waals surface area contributed by atoms with Crippen LogP contribution in [0.15, 0.2) is 52.9 Å². The molecule has 1 fully saturated rings. The highest BCUT2D eigenvalue weighted by Gasteiger charge is 2.40. The number of carbonyl (C=O) groups is 2. The van der Waals surface area contributed by atoms with Crippen molar-refractivity contribution in [1.29, 1.82) is 0 Å². The van der Waals surface area contributed by atoms with E-state index >= 15 is 0 Å². The first kappa shape index (κ1) is 22.8. The lowest BCUT2D eigenvalue weighted by molar-refractivity contribution is -0.137. The van der Waals surface area contributed by atoms with Crippen molar-refractivity contribution >= 4 is 28.5 Å². The molecule has 1 aromatic heterocycles. The van der Waals surface area contributed by atoms with E-state index < -0.39 is 17.8 Å². The molecule has 9 heteroatoms. The lowest BCUT2D eigenvalue weighted by Crippen LogP contribution is -2.26. The second kappa shape index (κ2) is 8.88. The number of furan rings is 1. The van der Waals surface area contributed by atoms with Gasteiger partial charge in [0.2, 0.25) is 11.8 Å². The van der Waals surface area contributed by atoms with Gasteiger partial charge in [-0.15, -0.1) is 0 Å². The summed E-state index contributed by atoms with van der Waals surface area (Å²) in [5.74, 6) is -0.398. The van der Waals surface area contributed by atoms with Gasteiger partial charge in [0, 0.05) is 23.9 Å². The predicted octanol–water partition coefficient (Wildman–Crippen LogP) is 5.82. The van der Waals surface area contributed by atoms with Gasteiger partial charge in [-0.2, -0.15) is 13.2 Å². The van der Waals surface area contributed by atoms with Crippen LogP contribution in [0.2, 0.25) is 0 Å². The number of hydrogen-bond acceptors (Lipinski definition) is 3. The summed E-state index contributed by atoms with van der Waals surface area (Å²) in [5.41, 5.74) is -0.212. The number of amides is 2. The summed E-state index contributed by atoms with van der Waals surface area (Å²) >= 11 is 0. The first-order valence-corrected chi connectivity index (χ1v) is 10.5. The van der Waals surface area contributed by atoms with E-state index in [0.29, 0.717) is 23.2 Å². The number of alkyl halides is 3. The zero-order chi connectivity index (χ0) is 23.8. The summed E-state index contributed by atoms with van der Waals surface area (Å²) in [7, 11) is 0. The average molecular weight is 462 g/mol. The highest BCUT2D eigenvalue weighted by atomic mass is 19.4. The molecule has 1 aliphatic carbocycles. The number of fused-ring (bicyclic) bond motifs is 1. The third-order valence-electron chi connectivity index (χ3n) is 5.74. The number of carbonyl (C=O) groups excluding carboxylic acids is 2. The van der Waals surface area contributed by atoms with Crippen LogP contribution in [-0.4, -0.2) is 11.8 Å². The van der Waals surface area contributed by atoms with Crippen molar-refractivity contribution in [3.05, 3.63) is 65.7 Å². The maximum Gasteiger partial charge on any atom is 0.416 e. The van der Waals surface area contributed by atoms with Crippen molar-refractivity contribution in [2.45, 2.75) is 38.4 Å². The highest BCUT2D eigenvalue weighted by molar-refractivity contribution is 5.91. The Morgan fingerprint density at radius 2 is 1.79 bits per heavy atom. The molecule has 2 amide bonds. The van der Waals surface area contributed by atoms with Gasteiger partial charge in [-0.05, 0) is 67.6 Å². The van der Waals surface area contributed by atoms with E-state index in [-0.39, 0.29) is 48.0 Å². The van der Waals surface area contributed by atoms with Crippen molar-refractivity contribution in [3.63, 3.8) is 0 Å². The molecule has 1 heterocycles.